The number of carbonyl (C=O) groups is 2. The Morgan fingerprint density at radius 2 is 1.61 bits per heavy atom. The number of anilines is 1. The zero-order valence-electron chi connectivity index (χ0n) is 22.1. The van der Waals surface area contributed by atoms with Crippen LogP contribution in [0.3, 0.4) is 0 Å². The van der Waals surface area contributed by atoms with Crippen LogP contribution in [0, 0.1) is 13.8 Å². The number of nitrogens with one attached hydrogen (secondary N) is 1. The molecule has 3 aromatic rings. The third-order valence-electron chi connectivity index (χ3n) is 6.44. The number of rotatable bonds is 11. The molecular formula is C29H34ClN3O4S. The van der Waals surface area contributed by atoms with Crippen molar-refractivity contribution in [2.45, 2.75) is 51.6 Å². The van der Waals surface area contributed by atoms with Crippen molar-refractivity contribution in [2.24, 2.45) is 0 Å². The fourth-order valence-corrected chi connectivity index (χ4v) is 5.62. The molecular weight excluding hydrogens is 522 g/mol. The Morgan fingerprint density at radius 1 is 0.947 bits per heavy atom. The van der Waals surface area contributed by atoms with E-state index in [0.29, 0.717) is 17.3 Å². The van der Waals surface area contributed by atoms with E-state index < -0.39 is 28.5 Å². The van der Waals surface area contributed by atoms with Gasteiger partial charge in [0.2, 0.25) is 11.8 Å². The van der Waals surface area contributed by atoms with Crippen molar-refractivity contribution in [3.8, 4) is 0 Å². The molecule has 2 amide bonds. The first kappa shape index (κ1) is 29.2. The fourth-order valence-electron chi connectivity index (χ4n) is 4.00. The van der Waals surface area contributed by atoms with Crippen LogP contribution in [0.2, 0.25) is 5.02 Å². The van der Waals surface area contributed by atoms with Crippen molar-refractivity contribution in [2.75, 3.05) is 17.4 Å². The molecule has 1 N–H and O–H groups in total. The summed E-state index contributed by atoms with van der Waals surface area (Å²) in [6.45, 7) is 7.42. The van der Waals surface area contributed by atoms with Crippen molar-refractivity contribution >= 4 is 39.1 Å². The lowest BCUT2D eigenvalue weighted by Gasteiger charge is -2.32. The van der Waals surface area contributed by atoms with E-state index in [9.17, 15) is 18.0 Å². The summed E-state index contributed by atoms with van der Waals surface area (Å²) in [5.74, 6) is -0.808. The van der Waals surface area contributed by atoms with Crippen molar-refractivity contribution < 1.29 is 18.0 Å². The van der Waals surface area contributed by atoms with Gasteiger partial charge in [0, 0.05) is 18.1 Å². The second-order valence-electron chi connectivity index (χ2n) is 9.16. The maximum Gasteiger partial charge on any atom is 0.264 e. The lowest BCUT2D eigenvalue weighted by atomic mass is 10.1. The van der Waals surface area contributed by atoms with Crippen molar-refractivity contribution in [1.29, 1.82) is 0 Å². The summed E-state index contributed by atoms with van der Waals surface area (Å²) >= 11 is 6.04. The van der Waals surface area contributed by atoms with Gasteiger partial charge in [-0.3, -0.25) is 13.9 Å². The number of hydrogen-bond donors (Lipinski definition) is 1. The maximum atomic E-state index is 13.9. The molecule has 0 aliphatic carbocycles. The van der Waals surface area contributed by atoms with E-state index in [-0.39, 0.29) is 17.3 Å². The van der Waals surface area contributed by atoms with Gasteiger partial charge in [-0.1, -0.05) is 61.0 Å². The van der Waals surface area contributed by atoms with Crippen LogP contribution in [0.4, 0.5) is 5.69 Å². The summed E-state index contributed by atoms with van der Waals surface area (Å²) in [6, 6.07) is 19.5. The highest BCUT2D eigenvalue weighted by Gasteiger charge is 2.33. The molecule has 38 heavy (non-hydrogen) atoms. The van der Waals surface area contributed by atoms with Crippen LogP contribution >= 0.6 is 11.6 Å². The number of sulfonamides is 1. The van der Waals surface area contributed by atoms with Crippen LogP contribution in [0.15, 0.2) is 77.7 Å². The van der Waals surface area contributed by atoms with E-state index in [2.05, 4.69) is 5.32 Å². The zero-order valence-corrected chi connectivity index (χ0v) is 23.7. The third-order valence-corrected chi connectivity index (χ3v) is 8.46. The molecule has 0 saturated carbocycles. The second-order valence-corrected chi connectivity index (χ2v) is 11.5. The van der Waals surface area contributed by atoms with Gasteiger partial charge in [0.1, 0.15) is 12.6 Å². The van der Waals surface area contributed by atoms with Crippen molar-refractivity contribution in [1.82, 2.24) is 10.2 Å². The Morgan fingerprint density at radius 3 is 2.24 bits per heavy atom. The van der Waals surface area contributed by atoms with Gasteiger partial charge in [0.15, 0.2) is 0 Å². The summed E-state index contributed by atoms with van der Waals surface area (Å²) in [7, 11) is -4.09. The Balaban J connectivity index is 2.04. The maximum absolute atomic E-state index is 13.9. The number of aryl methyl sites for hydroxylation is 1. The Kier molecular flexibility index (Phi) is 9.94. The third kappa shape index (κ3) is 6.94. The largest absolute Gasteiger partial charge is 0.354 e. The first-order valence-electron chi connectivity index (χ1n) is 12.5. The van der Waals surface area contributed by atoms with Crippen LogP contribution in [-0.4, -0.2) is 44.3 Å². The van der Waals surface area contributed by atoms with Gasteiger partial charge in [-0.25, -0.2) is 8.42 Å². The highest BCUT2D eigenvalue weighted by Crippen LogP contribution is 2.29. The summed E-state index contributed by atoms with van der Waals surface area (Å²) in [5.41, 5.74) is 2.82. The highest BCUT2D eigenvalue weighted by molar-refractivity contribution is 7.92. The normalized spacial score (nSPS) is 12.0. The minimum absolute atomic E-state index is 0.0756. The van der Waals surface area contributed by atoms with Crippen LogP contribution < -0.4 is 9.62 Å². The summed E-state index contributed by atoms with van der Waals surface area (Å²) in [5, 5.41) is 3.39. The predicted octanol–water partition coefficient (Wildman–Crippen LogP) is 5.10. The number of benzene rings is 3. The average molecular weight is 556 g/mol. The molecule has 0 aliphatic heterocycles. The summed E-state index contributed by atoms with van der Waals surface area (Å²) in [4.78, 5) is 28.3. The number of amides is 2. The lowest BCUT2D eigenvalue weighted by Crippen LogP contribution is -2.51. The molecule has 0 radical (unpaired) electrons. The monoisotopic (exact) mass is 555 g/mol. The smallest absolute Gasteiger partial charge is 0.264 e. The molecule has 0 spiro atoms. The van der Waals surface area contributed by atoms with E-state index in [4.69, 9.17) is 11.6 Å². The Labute approximate surface area is 230 Å². The summed E-state index contributed by atoms with van der Waals surface area (Å²) < 4.78 is 28.9. The quantitative estimate of drug-likeness (QED) is 0.357. The Hall–Kier alpha value is -3.36. The molecule has 0 heterocycles. The van der Waals surface area contributed by atoms with E-state index in [0.717, 1.165) is 27.4 Å². The lowest BCUT2D eigenvalue weighted by molar-refractivity contribution is -0.139. The number of halogens is 1. The molecule has 0 unspecified atom stereocenters. The van der Waals surface area contributed by atoms with Crippen molar-refractivity contribution in [3.05, 3.63) is 94.5 Å². The molecule has 3 rings (SSSR count). The molecule has 202 valence electrons. The SMILES string of the molecule is CCCNC(=O)[C@@H](C)N(Cc1ccc(Cl)cc1)C(=O)CN(c1cccc(C)c1C)S(=O)(=O)c1ccccc1. The molecule has 1 atom stereocenters. The van der Waals surface area contributed by atoms with Gasteiger partial charge in [-0.2, -0.15) is 0 Å². The van der Waals surface area contributed by atoms with Gasteiger partial charge >= 0.3 is 0 Å². The van der Waals surface area contributed by atoms with Crippen LogP contribution in [-0.2, 0) is 26.2 Å². The first-order valence-corrected chi connectivity index (χ1v) is 14.3. The van der Waals surface area contributed by atoms with Crippen LogP contribution in [0.1, 0.15) is 37.0 Å². The van der Waals surface area contributed by atoms with Gasteiger partial charge in [-0.05, 0) is 74.2 Å². The molecule has 7 nitrogen and oxygen atoms in total. The Bertz CT molecular complexity index is 1360. The van der Waals surface area contributed by atoms with Crippen LogP contribution in [0.5, 0.6) is 0 Å². The average Bonchev–Trinajstić information content (AvgIpc) is 2.91. The van der Waals surface area contributed by atoms with Gasteiger partial charge in [0.05, 0.1) is 10.6 Å². The van der Waals surface area contributed by atoms with Gasteiger partial charge in [0.25, 0.3) is 10.0 Å². The number of hydrogen-bond acceptors (Lipinski definition) is 4. The molecule has 0 fully saturated rings. The zero-order chi connectivity index (χ0) is 27.9. The second kappa shape index (κ2) is 12.9. The minimum Gasteiger partial charge on any atom is -0.354 e. The fraction of sp³-hybridized carbons (Fsp3) is 0.310. The summed E-state index contributed by atoms with van der Waals surface area (Å²) in [6.07, 6.45) is 0.749. The minimum atomic E-state index is -4.09. The molecule has 9 heteroatoms. The van der Waals surface area contributed by atoms with E-state index in [1.165, 1.54) is 17.0 Å². The number of carbonyl (C=O) groups excluding carboxylic acids is 2. The molecule has 0 aliphatic rings. The van der Waals surface area contributed by atoms with Crippen LogP contribution in [0.25, 0.3) is 0 Å². The van der Waals surface area contributed by atoms with Gasteiger partial charge < -0.3 is 10.2 Å². The molecule has 0 saturated heterocycles. The topological polar surface area (TPSA) is 86.8 Å². The van der Waals surface area contributed by atoms with Crippen molar-refractivity contribution in [3.63, 3.8) is 0 Å². The predicted molar refractivity (Wildman–Crippen MR) is 152 cm³/mol. The molecule has 0 aromatic heterocycles. The first-order chi connectivity index (χ1) is 18.1. The van der Waals surface area contributed by atoms with Gasteiger partial charge in [-0.15, -0.1) is 0 Å². The highest BCUT2D eigenvalue weighted by atomic mass is 35.5. The van der Waals surface area contributed by atoms with E-state index >= 15 is 0 Å². The molecule has 0 bridgehead atoms. The molecule has 3 aromatic carbocycles. The van der Waals surface area contributed by atoms with E-state index in [1.807, 2.05) is 26.8 Å². The van der Waals surface area contributed by atoms with E-state index in [1.54, 1.807) is 61.5 Å². The number of nitrogens with zero attached hydrogens (tertiary/aromatic N) is 2. The standard InChI is InChI=1S/C29H34ClN3O4S/c1-5-18-31-29(35)23(4)32(19-24-14-16-25(30)17-15-24)28(34)20-33(27-13-9-10-21(2)22(27)3)38(36,37)26-11-7-6-8-12-26/h6-17,23H,5,18-20H2,1-4H3,(H,31,35)/t23-/m1/s1.